The van der Waals surface area contributed by atoms with E-state index in [0.29, 0.717) is 12.4 Å². The summed E-state index contributed by atoms with van der Waals surface area (Å²) in [6.07, 6.45) is -0.432. The minimum absolute atomic E-state index is 0.432. The van der Waals surface area contributed by atoms with Gasteiger partial charge in [0.15, 0.2) is 0 Å². The lowest BCUT2D eigenvalue weighted by Crippen LogP contribution is -2.24. The van der Waals surface area contributed by atoms with E-state index < -0.39 is 6.17 Å². The number of nitrogens with zero attached hydrogens (tertiary/aromatic N) is 1. The van der Waals surface area contributed by atoms with Gasteiger partial charge in [0.25, 0.3) is 0 Å². The van der Waals surface area contributed by atoms with Gasteiger partial charge in [0.2, 0.25) is 0 Å². The molecule has 266 valence electrons. The highest BCUT2D eigenvalue weighted by atomic mass is 32.1. The summed E-state index contributed by atoms with van der Waals surface area (Å²) in [7, 11) is 0. The van der Waals surface area contributed by atoms with Crippen molar-refractivity contribution in [3.8, 4) is 11.1 Å². The molecular formula is C51H35N3OS. The Bertz CT molecular complexity index is 3360. The van der Waals surface area contributed by atoms with E-state index in [-0.39, 0.29) is 0 Å². The molecule has 0 amide bonds. The Morgan fingerprint density at radius 1 is 0.554 bits per heavy atom. The lowest BCUT2D eigenvalue weighted by Gasteiger charge is -2.21. The average Bonchev–Trinajstić information content (AvgIpc) is 3.83. The summed E-state index contributed by atoms with van der Waals surface area (Å²) < 4.78 is 8.68. The van der Waals surface area contributed by atoms with Gasteiger partial charge in [-0.25, -0.2) is 4.99 Å². The van der Waals surface area contributed by atoms with E-state index in [9.17, 15) is 0 Å². The first-order valence-electron chi connectivity index (χ1n) is 19.0. The number of hydrogen-bond donors (Lipinski definition) is 2. The molecule has 5 heteroatoms. The van der Waals surface area contributed by atoms with Crippen molar-refractivity contribution in [2.75, 3.05) is 0 Å². The van der Waals surface area contributed by atoms with Crippen LogP contribution in [0.5, 0.6) is 0 Å². The van der Waals surface area contributed by atoms with Crippen LogP contribution in [0.15, 0.2) is 185 Å². The second-order valence-electron chi connectivity index (χ2n) is 14.4. The molecule has 56 heavy (non-hydrogen) atoms. The minimum Gasteiger partial charge on any atom is -0.456 e. The van der Waals surface area contributed by atoms with Crippen molar-refractivity contribution in [1.29, 1.82) is 0 Å². The van der Waals surface area contributed by atoms with Gasteiger partial charge >= 0.3 is 0 Å². The summed E-state index contributed by atoms with van der Waals surface area (Å²) in [6.45, 7) is 0.579. The summed E-state index contributed by atoms with van der Waals surface area (Å²) in [5, 5.41) is 15.7. The molecular weight excluding hydrogens is 703 g/mol. The fraction of sp³-hybridized carbons (Fsp3) is 0.0392. The zero-order valence-corrected chi connectivity index (χ0v) is 31.2. The molecule has 0 spiro atoms. The smallest absolute Gasteiger partial charge is 0.136 e. The van der Waals surface area contributed by atoms with Gasteiger partial charge in [0, 0.05) is 43.1 Å². The summed E-state index contributed by atoms with van der Waals surface area (Å²) in [5.41, 5.74) is 14.5. The van der Waals surface area contributed by atoms with E-state index in [1.807, 2.05) is 12.1 Å². The molecule has 0 aliphatic heterocycles. The third-order valence-corrected chi connectivity index (χ3v) is 12.5. The minimum atomic E-state index is -0.432. The molecule has 9 aromatic carbocycles. The molecule has 0 bridgehead atoms. The maximum Gasteiger partial charge on any atom is 0.136 e. The molecule has 3 N–H and O–H groups in total. The van der Waals surface area contributed by atoms with Crippen LogP contribution in [0.3, 0.4) is 0 Å². The van der Waals surface area contributed by atoms with E-state index in [1.165, 1.54) is 53.5 Å². The van der Waals surface area contributed by atoms with Crippen molar-refractivity contribution in [3.05, 3.63) is 193 Å². The number of aliphatic imine (C=N–C) groups is 1. The number of nitrogens with two attached hydrogens (primary N) is 1. The number of fused-ring (bicyclic) bond motifs is 10. The lowest BCUT2D eigenvalue weighted by molar-refractivity contribution is 0.560. The SMILES string of the molecule is N/C(=N\C(NCc1cccc2c(-c3cccc4oc5ccccc5c34)cccc12)c1cc2ccccc2c2ccccc12)c1cccc2c1sc1ccccc12. The highest BCUT2D eigenvalue weighted by Crippen LogP contribution is 2.41. The van der Waals surface area contributed by atoms with Crippen LogP contribution in [0, 0.1) is 0 Å². The highest BCUT2D eigenvalue weighted by Gasteiger charge is 2.20. The molecule has 0 aliphatic rings. The van der Waals surface area contributed by atoms with Gasteiger partial charge < -0.3 is 10.2 Å². The summed E-state index contributed by atoms with van der Waals surface area (Å²) >= 11 is 1.77. The highest BCUT2D eigenvalue weighted by molar-refractivity contribution is 7.26. The van der Waals surface area contributed by atoms with Crippen LogP contribution in [-0.4, -0.2) is 5.84 Å². The number of amidine groups is 1. The molecule has 2 aromatic heterocycles. The number of thiophene rings is 1. The first kappa shape index (κ1) is 32.6. The number of rotatable bonds is 7. The predicted octanol–water partition coefficient (Wildman–Crippen LogP) is 13.3. The van der Waals surface area contributed by atoms with Gasteiger partial charge in [0.1, 0.15) is 23.2 Å². The zero-order chi connectivity index (χ0) is 37.2. The van der Waals surface area contributed by atoms with Crippen LogP contribution in [-0.2, 0) is 6.54 Å². The Labute approximate surface area is 327 Å². The Kier molecular flexibility index (Phi) is 7.69. The van der Waals surface area contributed by atoms with E-state index in [1.54, 1.807) is 11.3 Å². The van der Waals surface area contributed by atoms with Crippen LogP contribution in [0.25, 0.3) is 85.6 Å². The van der Waals surface area contributed by atoms with Crippen molar-refractivity contribution in [2.24, 2.45) is 10.7 Å². The first-order valence-corrected chi connectivity index (χ1v) is 19.8. The van der Waals surface area contributed by atoms with Crippen LogP contribution in [0.1, 0.15) is 22.9 Å². The Morgan fingerprint density at radius 3 is 2.11 bits per heavy atom. The standard InChI is InChI=1S/C51H35N3OS/c52-50(43-25-11-24-41-39-18-6-8-28-47(39)56-49(41)43)54-51(44-29-31-13-1-2-15-33(31)35-16-3-4-17-38(35)44)53-30-32-14-9-21-36-34(32)20-10-22-37(36)40-23-12-27-46-48(40)42-19-5-7-26-45(42)55-46/h1-29,51,53H,30H2,(H2,52,54). The largest absolute Gasteiger partial charge is 0.456 e. The van der Waals surface area contributed by atoms with Crippen LogP contribution < -0.4 is 11.1 Å². The molecule has 1 atom stereocenters. The predicted molar refractivity (Wildman–Crippen MR) is 238 cm³/mol. The second-order valence-corrected chi connectivity index (χ2v) is 15.5. The third-order valence-electron chi connectivity index (χ3n) is 11.2. The molecule has 1 unspecified atom stereocenters. The van der Waals surface area contributed by atoms with E-state index >= 15 is 0 Å². The lowest BCUT2D eigenvalue weighted by atomic mass is 9.93. The number of hydrogen-bond acceptors (Lipinski definition) is 4. The maximum atomic E-state index is 7.11. The van der Waals surface area contributed by atoms with Crippen molar-refractivity contribution in [1.82, 2.24) is 5.32 Å². The quantitative estimate of drug-likeness (QED) is 0.0972. The first-order chi connectivity index (χ1) is 27.7. The number of furan rings is 1. The molecule has 0 aliphatic carbocycles. The van der Waals surface area contributed by atoms with Gasteiger partial charge in [-0.3, -0.25) is 5.32 Å². The van der Waals surface area contributed by atoms with Crippen LogP contribution in [0.2, 0.25) is 0 Å². The van der Waals surface area contributed by atoms with E-state index in [0.717, 1.165) is 48.7 Å². The maximum absolute atomic E-state index is 7.11. The Balaban J connectivity index is 1.05. The molecule has 0 saturated heterocycles. The molecule has 0 radical (unpaired) electrons. The number of benzene rings is 9. The summed E-state index contributed by atoms with van der Waals surface area (Å²) in [5.74, 6) is 0.512. The monoisotopic (exact) mass is 737 g/mol. The average molecular weight is 738 g/mol. The second kappa shape index (κ2) is 13.2. The fourth-order valence-electron chi connectivity index (χ4n) is 8.66. The molecule has 0 saturated carbocycles. The topological polar surface area (TPSA) is 63.5 Å². The fourth-order valence-corrected chi connectivity index (χ4v) is 9.89. The van der Waals surface area contributed by atoms with Gasteiger partial charge in [-0.15, -0.1) is 11.3 Å². The summed E-state index contributed by atoms with van der Waals surface area (Å²) in [4.78, 5) is 5.39. The van der Waals surface area contributed by atoms with Crippen molar-refractivity contribution in [3.63, 3.8) is 0 Å². The van der Waals surface area contributed by atoms with Crippen molar-refractivity contribution in [2.45, 2.75) is 12.7 Å². The Morgan fingerprint density at radius 2 is 1.20 bits per heavy atom. The van der Waals surface area contributed by atoms with Gasteiger partial charge in [0.05, 0.1) is 0 Å². The van der Waals surface area contributed by atoms with Gasteiger partial charge in [-0.1, -0.05) is 146 Å². The normalized spacial score (nSPS) is 12.9. The molecule has 11 rings (SSSR count). The van der Waals surface area contributed by atoms with E-state index in [2.05, 4.69) is 169 Å². The van der Waals surface area contributed by atoms with Crippen molar-refractivity contribution >= 4 is 91.6 Å². The van der Waals surface area contributed by atoms with Crippen molar-refractivity contribution < 1.29 is 4.42 Å². The van der Waals surface area contributed by atoms with Crippen LogP contribution in [0.4, 0.5) is 0 Å². The third kappa shape index (κ3) is 5.28. The van der Waals surface area contributed by atoms with E-state index in [4.69, 9.17) is 15.1 Å². The molecule has 4 nitrogen and oxygen atoms in total. The molecule has 2 heterocycles. The zero-order valence-electron chi connectivity index (χ0n) is 30.4. The van der Waals surface area contributed by atoms with Gasteiger partial charge in [-0.2, -0.15) is 0 Å². The number of para-hydroxylation sites is 1. The molecule has 0 fully saturated rings. The Hall–Kier alpha value is -6.79. The number of nitrogens with one attached hydrogen (secondary N) is 1. The van der Waals surface area contributed by atoms with Crippen LogP contribution >= 0.6 is 11.3 Å². The summed E-state index contributed by atoms with van der Waals surface area (Å²) in [6, 6.07) is 62.3. The van der Waals surface area contributed by atoms with Gasteiger partial charge in [-0.05, 0) is 84.9 Å². The molecule has 11 aromatic rings.